The van der Waals surface area contributed by atoms with Gasteiger partial charge in [0.15, 0.2) is 0 Å². The van der Waals surface area contributed by atoms with Crippen molar-refractivity contribution >= 4 is 27.3 Å². The minimum atomic E-state index is -3.77. The number of carboxylic acid groups (broad SMARTS) is 1. The van der Waals surface area contributed by atoms with E-state index in [0.29, 0.717) is 9.75 Å². The summed E-state index contributed by atoms with van der Waals surface area (Å²) >= 11 is 1.18. The standard InChI is InChI=1S/C10H15NO4S2/c1-5(2)11-17(14,15)9-7(4)16-6(3)8(9)10(12)13/h5,11H,1-4H3,(H,12,13). The van der Waals surface area contributed by atoms with Crippen molar-refractivity contribution in [2.75, 3.05) is 0 Å². The first-order chi connectivity index (χ1) is 7.66. The number of thiophene rings is 1. The van der Waals surface area contributed by atoms with Crippen LogP contribution in [-0.2, 0) is 10.0 Å². The summed E-state index contributed by atoms with van der Waals surface area (Å²) in [5, 5.41) is 9.07. The lowest BCUT2D eigenvalue weighted by Crippen LogP contribution is -2.31. The molecule has 0 fully saturated rings. The second-order valence-corrected chi connectivity index (χ2v) is 7.08. The Hall–Kier alpha value is -0.920. The fourth-order valence-corrected chi connectivity index (χ4v) is 4.69. The number of aryl methyl sites for hydroxylation is 2. The van der Waals surface area contributed by atoms with E-state index in [4.69, 9.17) is 5.11 Å². The lowest BCUT2D eigenvalue weighted by Gasteiger charge is -2.10. The third-order valence-electron chi connectivity index (χ3n) is 2.08. The summed E-state index contributed by atoms with van der Waals surface area (Å²) in [4.78, 5) is 12.0. The zero-order valence-electron chi connectivity index (χ0n) is 10.1. The van der Waals surface area contributed by atoms with Crippen LogP contribution in [0.15, 0.2) is 4.90 Å². The molecule has 0 saturated heterocycles. The fraction of sp³-hybridized carbons (Fsp3) is 0.500. The van der Waals surface area contributed by atoms with E-state index in [2.05, 4.69) is 4.72 Å². The SMILES string of the molecule is Cc1sc(C)c(S(=O)(=O)NC(C)C)c1C(=O)O. The van der Waals surface area contributed by atoms with Gasteiger partial charge in [0.1, 0.15) is 4.90 Å². The zero-order chi connectivity index (χ0) is 13.4. The smallest absolute Gasteiger partial charge is 0.338 e. The lowest BCUT2D eigenvalue weighted by atomic mass is 10.2. The van der Waals surface area contributed by atoms with Gasteiger partial charge in [-0.3, -0.25) is 0 Å². The molecule has 5 nitrogen and oxygen atoms in total. The fourth-order valence-electron chi connectivity index (χ4n) is 1.60. The summed E-state index contributed by atoms with van der Waals surface area (Å²) in [6.07, 6.45) is 0. The molecular weight excluding hydrogens is 262 g/mol. The predicted octanol–water partition coefficient (Wildman–Crippen LogP) is 1.75. The summed E-state index contributed by atoms with van der Waals surface area (Å²) in [5.74, 6) is -1.21. The van der Waals surface area contributed by atoms with Gasteiger partial charge in [0, 0.05) is 15.8 Å². The van der Waals surface area contributed by atoms with E-state index in [1.165, 1.54) is 11.3 Å². The van der Waals surface area contributed by atoms with Crippen molar-refractivity contribution in [3.8, 4) is 0 Å². The van der Waals surface area contributed by atoms with E-state index in [1.807, 2.05) is 0 Å². The van der Waals surface area contributed by atoms with Crippen LogP contribution in [0.1, 0.15) is 34.0 Å². The largest absolute Gasteiger partial charge is 0.478 e. The summed E-state index contributed by atoms with van der Waals surface area (Å²) < 4.78 is 26.5. The van der Waals surface area contributed by atoms with Gasteiger partial charge in [-0.15, -0.1) is 11.3 Å². The molecule has 0 unspecified atom stereocenters. The zero-order valence-corrected chi connectivity index (χ0v) is 11.7. The number of hydrogen-bond acceptors (Lipinski definition) is 4. The van der Waals surface area contributed by atoms with E-state index in [0.717, 1.165) is 0 Å². The number of carbonyl (C=O) groups is 1. The molecule has 0 atom stereocenters. The van der Waals surface area contributed by atoms with Gasteiger partial charge in [-0.05, 0) is 27.7 Å². The number of rotatable bonds is 4. The Morgan fingerprint density at radius 2 is 1.82 bits per heavy atom. The van der Waals surface area contributed by atoms with Crippen LogP contribution in [0.3, 0.4) is 0 Å². The number of hydrogen-bond donors (Lipinski definition) is 2. The molecular formula is C10H15NO4S2. The first kappa shape index (κ1) is 14.1. The van der Waals surface area contributed by atoms with Gasteiger partial charge >= 0.3 is 5.97 Å². The summed E-state index contributed by atoms with van der Waals surface area (Å²) in [6, 6.07) is -0.277. The van der Waals surface area contributed by atoms with Crippen molar-refractivity contribution in [3.63, 3.8) is 0 Å². The van der Waals surface area contributed by atoms with Crippen LogP contribution >= 0.6 is 11.3 Å². The molecule has 0 bridgehead atoms. The van der Waals surface area contributed by atoms with E-state index in [-0.39, 0.29) is 16.5 Å². The highest BCUT2D eigenvalue weighted by molar-refractivity contribution is 7.89. The van der Waals surface area contributed by atoms with Crippen LogP contribution in [-0.4, -0.2) is 25.5 Å². The molecule has 0 spiro atoms. The molecule has 0 amide bonds. The topological polar surface area (TPSA) is 83.5 Å². The van der Waals surface area contributed by atoms with Crippen LogP contribution in [0.25, 0.3) is 0 Å². The average Bonchev–Trinajstić information content (AvgIpc) is 2.38. The van der Waals surface area contributed by atoms with Gasteiger partial charge in [0.2, 0.25) is 10.0 Å². The maximum absolute atomic E-state index is 12.0. The van der Waals surface area contributed by atoms with Crippen molar-refractivity contribution in [1.82, 2.24) is 4.72 Å². The average molecular weight is 277 g/mol. The molecule has 0 saturated carbocycles. The molecule has 96 valence electrons. The van der Waals surface area contributed by atoms with Gasteiger partial charge in [-0.2, -0.15) is 0 Å². The van der Waals surface area contributed by atoms with Crippen LogP contribution in [0, 0.1) is 13.8 Å². The van der Waals surface area contributed by atoms with Crippen LogP contribution in [0.5, 0.6) is 0 Å². The first-order valence-corrected chi connectivity index (χ1v) is 7.32. The van der Waals surface area contributed by atoms with Crippen molar-refractivity contribution in [2.45, 2.75) is 38.6 Å². The minimum Gasteiger partial charge on any atom is -0.478 e. The highest BCUT2D eigenvalue weighted by atomic mass is 32.2. The molecule has 1 rings (SSSR count). The van der Waals surface area contributed by atoms with Crippen molar-refractivity contribution in [1.29, 1.82) is 0 Å². The van der Waals surface area contributed by atoms with Crippen molar-refractivity contribution < 1.29 is 18.3 Å². The first-order valence-electron chi connectivity index (χ1n) is 5.02. The van der Waals surface area contributed by atoms with Gasteiger partial charge < -0.3 is 5.11 Å². The molecule has 2 N–H and O–H groups in total. The van der Waals surface area contributed by atoms with E-state index in [9.17, 15) is 13.2 Å². The minimum absolute atomic E-state index is 0.110. The summed E-state index contributed by atoms with van der Waals surface area (Å²) in [7, 11) is -3.77. The highest BCUT2D eigenvalue weighted by Gasteiger charge is 2.29. The molecule has 0 aliphatic rings. The Bertz CT molecular complexity index is 543. The molecule has 0 aliphatic heterocycles. The maximum Gasteiger partial charge on any atom is 0.338 e. The molecule has 0 radical (unpaired) electrons. The highest BCUT2D eigenvalue weighted by Crippen LogP contribution is 2.31. The van der Waals surface area contributed by atoms with Crippen molar-refractivity contribution in [2.24, 2.45) is 0 Å². The second-order valence-electron chi connectivity index (χ2n) is 4.00. The molecule has 0 aliphatic carbocycles. The molecule has 1 heterocycles. The van der Waals surface area contributed by atoms with Crippen LogP contribution in [0.2, 0.25) is 0 Å². The third-order valence-corrected chi connectivity index (χ3v) is 5.06. The number of carboxylic acids is 1. The Labute approximate surface area is 105 Å². The van der Waals surface area contributed by atoms with Gasteiger partial charge in [0.25, 0.3) is 0 Å². The quantitative estimate of drug-likeness (QED) is 0.878. The van der Waals surface area contributed by atoms with Gasteiger partial charge in [-0.25, -0.2) is 17.9 Å². The predicted molar refractivity (Wildman–Crippen MR) is 66.2 cm³/mol. The van der Waals surface area contributed by atoms with Gasteiger partial charge in [0.05, 0.1) is 5.56 Å². The normalized spacial score (nSPS) is 12.1. The molecule has 7 heteroatoms. The van der Waals surface area contributed by atoms with Gasteiger partial charge in [-0.1, -0.05) is 0 Å². The monoisotopic (exact) mass is 277 g/mol. The molecule has 17 heavy (non-hydrogen) atoms. The number of nitrogens with one attached hydrogen (secondary N) is 1. The van der Waals surface area contributed by atoms with E-state index >= 15 is 0 Å². The van der Waals surface area contributed by atoms with Crippen LogP contribution < -0.4 is 4.72 Å². The number of sulfonamides is 1. The Morgan fingerprint density at radius 1 is 1.29 bits per heavy atom. The third kappa shape index (κ3) is 2.85. The Balaban J connectivity index is 3.46. The van der Waals surface area contributed by atoms with Crippen LogP contribution in [0.4, 0.5) is 0 Å². The summed E-state index contributed by atoms with van der Waals surface area (Å²) in [6.45, 7) is 6.59. The molecule has 1 aromatic rings. The second kappa shape index (κ2) is 4.75. The number of aromatic carboxylic acids is 1. The maximum atomic E-state index is 12.0. The van der Waals surface area contributed by atoms with Crippen molar-refractivity contribution in [3.05, 3.63) is 15.3 Å². The Kier molecular flexibility index (Phi) is 3.95. The molecule has 0 aromatic carbocycles. The van der Waals surface area contributed by atoms with E-state index < -0.39 is 16.0 Å². The lowest BCUT2D eigenvalue weighted by molar-refractivity contribution is 0.0692. The molecule has 1 aromatic heterocycles. The Morgan fingerprint density at radius 3 is 2.24 bits per heavy atom. The van der Waals surface area contributed by atoms with E-state index in [1.54, 1.807) is 27.7 Å². The summed E-state index contributed by atoms with van der Waals surface area (Å²) in [5.41, 5.74) is -0.124.